The van der Waals surface area contributed by atoms with Crippen LogP contribution in [0.25, 0.3) is 0 Å². The van der Waals surface area contributed by atoms with E-state index in [0.717, 1.165) is 50.8 Å². The lowest BCUT2D eigenvalue weighted by Gasteiger charge is -2.25. The molecule has 1 fully saturated rings. The van der Waals surface area contributed by atoms with Crippen LogP contribution in [-0.4, -0.2) is 19.3 Å². The molecule has 4 heteroatoms. The fourth-order valence-electron chi connectivity index (χ4n) is 2.82. The lowest BCUT2D eigenvalue weighted by molar-refractivity contribution is 0.00854. The summed E-state index contributed by atoms with van der Waals surface area (Å²) in [4.78, 5) is 0. The van der Waals surface area contributed by atoms with Crippen molar-refractivity contribution in [2.75, 3.05) is 13.2 Å². The highest BCUT2D eigenvalue weighted by Crippen LogP contribution is 2.25. The van der Waals surface area contributed by atoms with Crippen LogP contribution in [0.5, 0.6) is 0 Å². The van der Waals surface area contributed by atoms with E-state index in [1.54, 1.807) is 6.07 Å². The molecule has 1 aromatic carbocycles. The van der Waals surface area contributed by atoms with Gasteiger partial charge in [-0.05, 0) is 62.8 Å². The van der Waals surface area contributed by atoms with Crippen molar-refractivity contribution in [1.82, 2.24) is 5.32 Å². The normalized spacial score (nSPS) is 20.4. The van der Waals surface area contributed by atoms with Gasteiger partial charge < -0.3 is 10.1 Å². The molecule has 2 rings (SSSR count). The molecule has 2 nitrogen and oxygen atoms in total. The molecule has 1 aliphatic heterocycles. The molecule has 0 radical (unpaired) electrons. The second kappa shape index (κ2) is 8.44. The first-order valence-corrected chi connectivity index (χ1v) is 8.00. The maximum atomic E-state index is 13.4. The van der Waals surface area contributed by atoms with Crippen molar-refractivity contribution in [2.45, 2.75) is 57.6 Å². The van der Waals surface area contributed by atoms with E-state index in [1.807, 2.05) is 0 Å². The maximum absolute atomic E-state index is 13.4. The van der Waals surface area contributed by atoms with E-state index in [4.69, 9.17) is 4.74 Å². The van der Waals surface area contributed by atoms with Gasteiger partial charge >= 0.3 is 0 Å². The van der Waals surface area contributed by atoms with Gasteiger partial charge in [-0.15, -0.1) is 0 Å². The third-order valence-corrected chi connectivity index (χ3v) is 4.04. The molecule has 1 aromatic rings. The quantitative estimate of drug-likeness (QED) is 0.807. The fourth-order valence-corrected chi connectivity index (χ4v) is 2.82. The number of hydrogen-bond acceptors (Lipinski definition) is 2. The zero-order valence-electron chi connectivity index (χ0n) is 12.7. The summed E-state index contributed by atoms with van der Waals surface area (Å²) in [6.45, 7) is 3.82. The van der Waals surface area contributed by atoms with Crippen LogP contribution in [0.2, 0.25) is 0 Å². The second-order valence-electron chi connectivity index (χ2n) is 5.75. The van der Waals surface area contributed by atoms with Crippen LogP contribution >= 0.6 is 0 Å². The zero-order chi connectivity index (χ0) is 15.1. The van der Waals surface area contributed by atoms with Gasteiger partial charge in [0.25, 0.3) is 0 Å². The minimum Gasteiger partial charge on any atom is -0.378 e. The summed E-state index contributed by atoms with van der Waals surface area (Å²) in [6.07, 6.45) is 6.66. The van der Waals surface area contributed by atoms with Gasteiger partial charge in [0.1, 0.15) is 0 Å². The van der Waals surface area contributed by atoms with Crippen LogP contribution in [0.3, 0.4) is 0 Å². The highest BCUT2D eigenvalue weighted by atomic mass is 19.2. The summed E-state index contributed by atoms with van der Waals surface area (Å²) >= 11 is 0. The van der Waals surface area contributed by atoms with Crippen molar-refractivity contribution in [3.8, 4) is 0 Å². The molecule has 2 atom stereocenters. The smallest absolute Gasteiger partial charge is 0.159 e. The van der Waals surface area contributed by atoms with E-state index < -0.39 is 11.6 Å². The van der Waals surface area contributed by atoms with E-state index in [1.165, 1.54) is 18.6 Å². The lowest BCUT2D eigenvalue weighted by atomic mass is 9.97. The second-order valence-corrected chi connectivity index (χ2v) is 5.75. The maximum Gasteiger partial charge on any atom is 0.159 e. The first kappa shape index (κ1) is 16.4. The molecule has 0 aliphatic carbocycles. The van der Waals surface area contributed by atoms with E-state index in [-0.39, 0.29) is 6.04 Å². The van der Waals surface area contributed by atoms with E-state index in [0.29, 0.717) is 6.10 Å². The summed E-state index contributed by atoms with van der Waals surface area (Å²) in [5, 5.41) is 3.43. The molecule has 0 aromatic heterocycles. The molecule has 1 N–H and O–H groups in total. The Balaban J connectivity index is 1.97. The number of hydrogen-bond donors (Lipinski definition) is 1. The Morgan fingerprint density at radius 1 is 1.29 bits per heavy atom. The van der Waals surface area contributed by atoms with Crippen LogP contribution in [0, 0.1) is 11.6 Å². The Bertz CT molecular complexity index is 433. The van der Waals surface area contributed by atoms with Crippen molar-refractivity contribution in [2.24, 2.45) is 0 Å². The van der Waals surface area contributed by atoms with Gasteiger partial charge in [-0.1, -0.05) is 13.0 Å². The molecule has 1 aliphatic rings. The monoisotopic (exact) mass is 297 g/mol. The molecule has 1 heterocycles. The van der Waals surface area contributed by atoms with Crippen LogP contribution in [0.1, 0.15) is 57.1 Å². The Kier molecular flexibility index (Phi) is 6.58. The number of rotatable bonds is 7. The molecule has 0 saturated carbocycles. The number of halogens is 2. The van der Waals surface area contributed by atoms with E-state index in [2.05, 4.69) is 12.2 Å². The Morgan fingerprint density at radius 2 is 2.14 bits per heavy atom. The number of benzene rings is 1. The molecule has 2 unspecified atom stereocenters. The average Bonchev–Trinajstić information content (AvgIpc) is 2.51. The Morgan fingerprint density at radius 3 is 2.81 bits per heavy atom. The topological polar surface area (TPSA) is 21.3 Å². The summed E-state index contributed by atoms with van der Waals surface area (Å²) < 4.78 is 32.3. The molecule has 1 saturated heterocycles. The van der Waals surface area contributed by atoms with Gasteiger partial charge in [-0.3, -0.25) is 0 Å². The van der Waals surface area contributed by atoms with Crippen LogP contribution in [0.15, 0.2) is 18.2 Å². The van der Waals surface area contributed by atoms with Crippen LogP contribution in [-0.2, 0) is 4.74 Å². The fraction of sp³-hybridized carbons (Fsp3) is 0.647. The molecular formula is C17H25F2NO. The van der Waals surface area contributed by atoms with Gasteiger partial charge in [0.2, 0.25) is 0 Å². The Hall–Kier alpha value is -1.00. The first-order valence-electron chi connectivity index (χ1n) is 8.00. The SMILES string of the molecule is CCCNC(CCC1CCCCO1)c1ccc(F)c(F)c1. The van der Waals surface area contributed by atoms with Gasteiger partial charge in [-0.2, -0.15) is 0 Å². The largest absolute Gasteiger partial charge is 0.378 e. The molecular weight excluding hydrogens is 272 g/mol. The van der Waals surface area contributed by atoms with E-state index in [9.17, 15) is 8.78 Å². The predicted octanol–water partition coefficient (Wildman–Crippen LogP) is 4.35. The number of ether oxygens (including phenoxy) is 1. The van der Waals surface area contributed by atoms with Crippen molar-refractivity contribution >= 4 is 0 Å². The van der Waals surface area contributed by atoms with Crippen molar-refractivity contribution in [1.29, 1.82) is 0 Å². The zero-order valence-corrected chi connectivity index (χ0v) is 12.7. The van der Waals surface area contributed by atoms with E-state index >= 15 is 0 Å². The van der Waals surface area contributed by atoms with Crippen LogP contribution < -0.4 is 5.32 Å². The van der Waals surface area contributed by atoms with Crippen molar-refractivity contribution in [3.05, 3.63) is 35.4 Å². The third kappa shape index (κ3) is 5.04. The molecule has 0 bridgehead atoms. The van der Waals surface area contributed by atoms with Gasteiger partial charge in [0.05, 0.1) is 6.10 Å². The third-order valence-electron chi connectivity index (χ3n) is 4.04. The molecule has 0 amide bonds. The first-order chi connectivity index (χ1) is 10.2. The summed E-state index contributed by atoms with van der Waals surface area (Å²) in [5.41, 5.74) is 0.818. The molecule has 21 heavy (non-hydrogen) atoms. The minimum atomic E-state index is -0.788. The standard InChI is InChI=1S/C17H25F2NO/c1-2-10-20-17(9-7-14-5-3-4-11-21-14)13-6-8-15(18)16(19)12-13/h6,8,12,14,17,20H,2-5,7,9-11H2,1H3. The average molecular weight is 297 g/mol. The summed E-state index contributed by atoms with van der Waals surface area (Å²) in [7, 11) is 0. The minimum absolute atomic E-state index is 0.0607. The summed E-state index contributed by atoms with van der Waals surface area (Å²) in [6, 6.07) is 4.26. The summed E-state index contributed by atoms with van der Waals surface area (Å²) in [5.74, 6) is -1.56. The number of nitrogens with one attached hydrogen (secondary N) is 1. The highest BCUT2D eigenvalue weighted by molar-refractivity contribution is 5.21. The van der Waals surface area contributed by atoms with Gasteiger partial charge in [-0.25, -0.2) is 8.78 Å². The van der Waals surface area contributed by atoms with Crippen molar-refractivity contribution in [3.63, 3.8) is 0 Å². The molecule has 0 spiro atoms. The molecule has 118 valence electrons. The van der Waals surface area contributed by atoms with Gasteiger partial charge in [0.15, 0.2) is 11.6 Å². The van der Waals surface area contributed by atoms with Crippen molar-refractivity contribution < 1.29 is 13.5 Å². The lowest BCUT2D eigenvalue weighted by Crippen LogP contribution is -2.25. The van der Waals surface area contributed by atoms with Crippen LogP contribution in [0.4, 0.5) is 8.78 Å². The Labute approximate surface area is 125 Å². The highest BCUT2D eigenvalue weighted by Gasteiger charge is 2.18. The predicted molar refractivity (Wildman–Crippen MR) is 80.2 cm³/mol. The van der Waals surface area contributed by atoms with Gasteiger partial charge in [0, 0.05) is 12.6 Å².